The Hall–Kier alpha value is -1.51. The Morgan fingerprint density at radius 3 is 2.38 bits per heavy atom. The first-order valence-electron chi connectivity index (χ1n) is 7.31. The Kier molecular flexibility index (Phi) is 5.27. The zero-order valence-corrected chi connectivity index (χ0v) is 13.9. The zero-order valence-electron chi connectivity index (χ0n) is 13.2. The fourth-order valence-electron chi connectivity index (χ4n) is 2.41. The van der Waals surface area contributed by atoms with Crippen LogP contribution in [0.1, 0.15) is 25.0 Å². The fraction of sp³-hybridized carbons (Fsp3) is 0.333. The second-order valence-electron chi connectivity index (χ2n) is 5.62. The van der Waals surface area contributed by atoms with Gasteiger partial charge in [-0.05, 0) is 30.7 Å². The maximum Gasteiger partial charge on any atom is 0.0471 e. The monoisotopic (exact) mass is 302 g/mol. The van der Waals surface area contributed by atoms with Gasteiger partial charge in [0.2, 0.25) is 0 Å². The van der Waals surface area contributed by atoms with Gasteiger partial charge in [0.05, 0.1) is 0 Å². The molecule has 3 heteroatoms. The predicted octanol–water partition coefficient (Wildman–Crippen LogP) is 4.91. The maximum atomic E-state index is 6.42. The van der Waals surface area contributed by atoms with Crippen LogP contribution in [0.3, 0.4) is 0 Å². The van der Waals surface area contributed by atoms with E-state index in [1.54, 1.807) is 0 Å². The third-order valence-electron chi connectivity index (χ3n) is 3.62. The molecular weight excluding hydrogens is 280 g/mol. The first-order chi connectivity index (χ1) is 10.0. The molecule has 2 aromatic carbocycles. The maximum absolute atomic E-state index is 6.42. The molecule has 2 nitrogen and oxygen atoms in total. The van der Waals surface area contributed by atoms with E-state index in [-0.39, 0.29) is 0 Å². The molecule has 0 amide bonds. The molecule has 0 aliphatic carbocycles. The topological polar surface area (TPSA) is 15.3 Å². The molecule has 2 rings (SSSR count). The van der Waals surface area contributed by atoms with E-state index in [4.69, 9.17) is 11.6 Å². The molecule has 0 spiro atoms. The quantitative estimate of drug-likeness (QED) is 0.844. The minimum absolute atomic E-state index is 0.429. The molecule has 0 aliphatic rings. The Labute approximate surface area is 132 Å². The number of para-hydroxylation sites is 1. The Balaban J connectivity index is 2.39. The summed E-state index contributed by atoms with van der Waals surface area (Å²) in [6.45, 7) is 7.18. The number of hydrogen-bond donors (Lipinski definition) is 1. The molecule has 0 bridgehead atoms. The van der Waals surface area contributed by atoms with Crippen LogP contribution in [0.15, 0.2) is 42.5 Å². The highest BCUT2D eigenvalue weighted by Crippen LogP contribution is 2.32. The van der Waals surface area contributed by atoms with E-state index in [9.17, 15) is 0 Å². The fourth-order valence-corrected chi connectivity index (χ4v) is 2.65. The van der Waals surface area contributed by atoms with Gasteiger partial charge in [0.25, 0.3) is 0 Å². The summed E-state index contributed by atoms with van der Waals surface area (Å²) in [4.78, 5) is 2.21. The summed E-state index contributed by atoms with van der Waals surface area (Å²) in [7, 11) is 2.09. The normalized spacial score (nSPS) is 11.0. The van der Waals surface area contributed by atoms with Crippen LogP contribution in [0.25, 0.3) is 0 Å². The summed E-state index contributed by atoms with van der Waals surface area (Å²) in [5.74, 6) is 0. The molecule has 0 aliphatic heterocycles. The lowest BCUT2D eigenvalue weighted by Crippen LogP contribution is -2.24. The van der Waals surface area contributed by atoms with Gasteiger partial charge in [-0.3, -0.25) is 0 Å². The second-order valence-corrected chi connectivity index (χ2v) is 6.03. The number of anilines is 2. The lowest BCUT2D eigenvalue weighted by atomic mass is 10.1. The molecule has 0 aromatic heterocycles. The highest BCUT2D eigenvalue weighted by molar-refractivity contribution is 6.31. The van der Waals surface area contributed by atoms with Gasteiger partial charge in [-0.1, -0.05) is 49.7 Å². The summed E-state index contributed by atoms with van der Waals surface area (Å²) in [5.41, 5.74) is 4.73. The molecule has 0 unspecified atom stereocenters. The standard InChI is InChI=1S/C18H23ClN2/c1-13(2)20-12-15-16(19)9-7-11-18(15)21(4)17-10-6-5-8-14(17)3/h5-11,13,20H,12H2,1-4H3. The molecule has 0 radical (unpaired) electrons. The SMILES string of the molecule is Cc1ccccc1N(C)c1cccc(Cl)c1CNC(C)C. The van der Waals surface area contributed by atoms with Crippen LogP contribution in [0.4, 0.5) is 11.4 Å². The Morgan fingerprint density at radius 2 is 1.71 bits per heavy atom. The van der Waals surface area contributed by atoms with Crippen molar-refractivity contribution >= 4 is 23.0 Å². The first-order valence-corrected chi connectivity index (χ1v) is 7.68. The Bertz CT molecular complexity index is 608. The van der Waals surface area contributed by atoms with Crippen molar-refractivity contribution in [1.29, 1.82) is 0 Å². The van der Waals surface area contributed by atoms with Gasteiger partial charge >= 0.3 is 0 Å². The van der Waals surface area contributed by atoms with Crippen molar-refractivity contribution in [2.75, 3.05) is 11.9 Å². The second kappa shape index (κ2) is 6.97. The summed E-state index contributed by atoms with van der Waals surface area (Å²) in [6.07, 6.45) is 0. The molecule has 1 N–H and O–H groups in total. The number of benzene rings is 2. The summed E-state index contributed by atoms with van der Waals surface area (Å²) >= 11 is 6.42. The molecule has 0 saturated heterocycles. The van der Waals surface area contributed by atoms with Crippen LogP contribution in [0.5, 0.6) is 0 Å². The van der Waals surface area contributed by atoms with Gasteiger partial charge < -0.3 is 10.2 Å². The van der Waals surface area contributed by atoms with Crippen LogP contribution in [-0.4, -0.2) is 13.1 Å². The molecule has 0 atom stereocenters. The number of hydrogen-bond acceptors (Lipinski definition) is 2. The van der Waals surface area contributed by atoms with Gasteiger partial charge in [0.1, 0.15) is 0 Å². The minimum Gasteiger partial charge on any atom is -0.344 e. The van der Waals surface area contributed by atoms with Crippen LogP contribution in [0.2, 0.25) is 5.02 Å². The van der Waals surface area contributed by atoms with Crippen molar-refractivity contribution in [2.24, 2.45) is 0 Å². The molecule has 21 heavy (non-hydrogen) atoms. The van der Waals surface area contributed by atoms with Gasteiger partial charge in [-0.25, -0.2) is 0 Å². The van der Waals surface area contributed by atoms with E-state index in [1.807, 2.05) is 12.1 Å². The van der Waals surface area contributed by atoms with E-state index in [0.717, 1.165) is 22.8 Å². The van der Waals surface area contributed by atoms with E-state index in [1.165, 1.54) is 11.3 Å². The number of nitrogens with zero attached hydrogens (tertiary/aromatic N) is 1. The summed E-state index contributed by atoms with van der Waals surface area (Å²) in [6, 6.07) is 14.9. The predicted molar refractivity (Wildman–Crippen MR) is 92.7 cm³/mol. The van der Waals surface area contributed by atoms with Crippen LogP contribution in [-0.2, 0) is 6.54 Å². The molecule has 0 fully saturated rings. The highest BCUT2D eigenvalue weighted by Gasteiger charge is 2.13. The van der Waals surface area contributed by atoms with Crippen molar-refractivity contribution in [2.45, 2.75) is 33.4 Å². The van der Waals surface area contributed by atoms with Gasteiger partial charge in [-0.15, -0.1) is 0 Å². The number of aryl methyl sites for hydroxylation is 1. The number of rotatable bonds is 5. The van der Waals surface area contributed by atoms with Gasteiger partial charge in [0.15, 0.2) is 0 Å². The zero-order chi connectivity index (χ0) is 15.4. The minimum atomic E-state index is 0.429. The largest absolute Gasteiger partial charge is 0.344 e. The molecular formula is C18H23ClN2. The first kappa shape index (κ1) is 15.9. The van der Waals surface area contributed by atoms with Crippen LogP contribution in [0, 0.1) is 6.92 Å². The average Bonchev–Trinajstić information content (AvgIpc) is 2.45. The third-order valence-corrected chi connectivity index (χ3v) is 3.97. The average molecular weight is 303 g/mol. The van der Waals surface area contributed by atoms with Crippen molar-refractivity contribution < 1.29 is 0 Å². The molecule has 0 saturated carbocycles. The number of halogens is 1. The summed E-state index contributed by atoms with van der Waals surface area (Å²) in [5, 5.41) is 4.26. The van der Waals surface area contributed by atoms with Crippen molar-refractivity contribution in [3.8, 4) is 0 Å². The lowest BCUT2D eigenvalue weighted by Gasteiger charge is -2.25. The molecule has 112 valence electrons. The Morgan fingerprint density at radius 1 is 1.05 bits per heavy atom. The lowest BCUT2D eigenvalue weighted by molar-refractivity contribution is 0.589. The van der Waals surface area contributed by atoms with Crippen molar-refractivity contribution in [3.05, 3.63) is 58.6 Å². The van der Waals surface area contributed by atoms with E-state index < -0.39 is 0 Å². The van der Waals surface area contributed by atoms with Gasteiger partial charge in [-0.2, -0.15) is 0 Å². The van der Waals surface area contributed by atoms with Crippen LogP contribution >= 0.6 is 11.6 Å². The van der Waals surface area contributed by atoms with E-state index in [0.29, 0.717) is 6.04 Å². The highest BCUT2D eigenvalue weighted by atomic mass is 35.5. The third kappa shape index (κ3) is 3.78. The number of nitrogens with one attached hydrogen (secondary N) is 1. The van der Waals surface area contributed by atoms with Crippen LogP contribution < -0.4 is 10.2 Å². The van der Waals surface area contributed by atoms with Crippen molar-refractivity contribution in [3.63, 3.8) is 0 Å². The molecule has 0 heterocycles. The molecule has 2 aromatic rings. The van der Waals surface area contributed by atoms with Crippen molar-refractivity contribution in [1.82, 2.24) is 5.32 Å². The van der Waals surface area contributed by atoms with E-state index >= 15 is 0 Å². The van der Waals surface area contributed by atoms with Gasteiger partial charge in [0, 0.05) is 41.6 Å². The van der Waals surface area contributed by atoms with E-state index in [2.05, 4.69) is 68.4 Å². The smallest absolute Gasteiger partial charge is 0.0471 e. The summed E-state index contributed by atoms with van der Waals surface area (Å²) < 4.78 is 0.